The van der Waals surface area contributed by atoms with Crippen LogP contribution in [0, 0.1) is 0 Å². The first-order valence-electron chi connectivity index (χ1n) is 9.53. The number of sulfonamides is 1. The number of anilines is 1. The van der Waals surface area contributed by atoms with Crippen molar-refractivity contribution >= 4 is 32.7 Å². The van der Waals surface area contributed by atoms with E-state index in [1.54, 1.807) is 22.7 Å². The van der Waals surface area contributed by atoms with Gasteiger partial charge in [0.25, 0.3) is 0 Å². The molecule has 4 rings (SSSR count). The van der Waals surface area contributed by atoms with Gasteiger partial charge in [-0.15, -0.1) is 11.3 Å². The zero-order valence-electron chi connectivity index (χ0n) is 15.9. The number of rotatable bonds is 6. The Morgan fingerprint density at radius 1 is 1.00 bits per heavy atom. The largest absolute Gasteiger partial charge is 0.253 e. The highest BCUT2D eigenvalue weighted by atomic mass is 32.2. The lowest BCUT2D eigenvalue weighted by Crippen LogP contribution is -2.35. The molecule has 150 valence electrons. The van der Waals surface area contributed by atoms with Crippen LogP contribution >= 0.6 is 11.3 Å². The molecule has 0 unspecified atom stereocenters. The van der Waals surface area contributed by atoms with E-state index in [0.29, 0.717) is 23.1 Å². The second-order valence-corrected chi connectivity index (χ2v) is 9.60. The van der Waals surface area contributed by atoms with Crippen molar-refractivity contribution in [1.82, 2.24) is 9.29 Å². The first-order valence-corrected chi connectivity index (χ1v) is 11.9. The van der Waals surface area contributed by atoms with Gasteiger partial charge in [0.15, 0.2) is 0 Å². The fourth-order valence-corrected chi connectivity index (χ4v) is 5.40. The van der Waals surface area contributed by atoms with Crippen LogP contribution < -0.4 is 5.43 Å². The number of hydrogen-bond acceptors (Lipinski definition) is 6. The van der Waals surface area contributed by atoms with Crippen LogP contribution in [0.25, 0.3) is 11.3 Å². The van der Waals surface area contributed by atoms with Crippen LogP contribution in [0.1, 0.15) is 24.8 Å². The van der Waals surface area contributed by atoms with Crippen LogP contribution in [-0.2, 0) is 10.0 Å². The van der Waals surface area contributed by atoms with Gasteiger partial charge in [-0.25, -0.2) is 13.4 Å². The van der Waals surface area contributed by atoms with E-state index in [2.05, 4.69) is 15.5 Å². The summed E-state index contributed by atoms with van der Waals surface area (Å²) in [7, 11) is -3.41. The van der Waals surface area contributed by atoms with Gasteiger partial charge >= 0.3 is 0 Å². The minimum atomic E-state index is -3.41. The molecule has 2 aromatic carbocycles. The van der Waals surface area contributed by atoms with Crippen LogP contribution in [0.2, 0.25) is 0 Å². The van der Waals surface area contributed by atoms with Crippen molar-refractivity contribution in [2.75, 3.05) is 18.5 Å². The second kappa shape index (κ2) is 8.86. The van der Waals surface area contributed by atoms with Crippen LogP contribution in [0.5, 0.6) is 0 Å². The molecule has 1 aromatic heterocycles. The maximum absolute atomic E-state index is 12.8. The molecule has 29 heavy (non-hydrogen) atoms. The topological polar surface area (TPSA) is 74.7 Å². The molecule has 6 nitrogen and oxygen atoms in total. The SMILES string of the molecule is O=S(=O)(c1ccc(-c2csc(N/N=C\c3ccccc3)n2)cc1)N1CCCCC1. The van der Waals surface area contributed by atoms with Crippen molar-refractivity contribution in [3.8, 4) is 11.3 Å². The number of hydrogen-bond donors (Lipinski definition) is 1. The van der Waals surface area contributed by atoms with Gasteiger partial charge < -0.3 is 0 Å². The molecule has 0 aliphatic carbocycles. The van der Waals surface area contributed by atoms with Crippen LogP contribution in [-0.4, -0.2) is 37.0 Å². The molecular weight excluding hydrogens is 404 g/mol. The molecule has 1 N–H and O–H groups in total. The molecule has 0 atom stereocenters. The van der Waals surface area contributed by atoms with E-state index in [0.717, 1.165) is 36.1 Å². The molecule has 0 radical (unpaired) electrons. The van der Waals surface area contributed by atoms with E-state index in [1.165, 1.54) is 11.3 Å². The van der Waals surface area contributed by atoms with E-state index in [-0.39, 0.29) is 0 Å². The predicted octanol–water partition coefficient (Wildman–Crippen LogP) is 4.43. The Morgan fingerprint density at radius 2 is 1.72 bits per heavy atom. The quantitative estimate of drug-likeness (QED) is 0.467. The lowest BCUT2D eigenvalue weighted by Gasteiger charge is -2.25. The van der Waals surface area contributed by atoms with E-state index >= 15 is 0 Å². The summed E-state index contributed by atoms with van der Waals surface area (Å²) in [6.07, 6.45) is 4.69. The molecular formula is C21H22N4O2S2. The lowest BCUT2D eigenvalue weighted by molar-refractivity contribution is 0.346. The Hall–Kier alpha value is -2.55. The molecule has 0 spiro atoms. The summed E-state index contributed by atoms with van der Waals surface area (Å²) in [4.78, 5) is 4.86. The third kappa shape index (κ3) is 4.72. The number of nitrogens with zero attached hydrogens (tertiary/aromatic N) is 3. The standard InChI is InChI=1S/C21H22N4O2S2/c26-29(27,25-13-5-2-6-14-25)19-11-9-18(10-12-19)20-16-28-21(23-20)24-22-15-17-7-3-1-4-8-17/h1,3-4,7-12,15-16H,2,5-6,13-14H2,(H,23,24)/b22-15-. The average molecular weight is 427 g/mol. The Morgan fingerprint density at radius 3 is 2.45 bits per heavy atom. The molecule has 0 bridgehead atoms. The summed E-state index contributed by atoms with van der Waals surface area (Å²) in [5.74, 6) is 0. The monoisotopic (exact) mass is 426 g/mol. The summed E-state index contributed by atoms with van der Waals surface area (Å²) in [5.41, 5.74) is 5.60. The van der Waals surface area contributed by atoms with Crippen molar-refractivity contribution in [2.24, 2.45) is 5.10 Å². The van der Waals surface area contributed by atoms with Crippen LogP contribution in [0.15, 0.2) is 70.0 Å². The second-order valence-electron chi connectivity index (χ2n) is 6.81. The summed E-state index contributed by atoms with van der Waals surface area (Å²) in [6.45, 7) is 1.21. The van der Waals surface area contributed by atoms with Gasteiger partial charge in [0.05, 0.1) is 16.8 Å². The lowest BCUT2D eigenvalue weighted by atomic mass is 10.2. The van der Waals surface area contributed by atoms with Gasteiger partial charge in [-0.3, -0.25) is 5.43 Å². The minimum absolute atomic E-state index is 0.337. The van der Waals surface area contributed by atoms with Gasteiger partial charge in [-0.05, 0) is 30.5 Å². The Bertz CT molecular complexity index is 1070. The number of aromatic nitrogens is 1. The molecule has 1 aliphatic rings. The van der Waals surface area contributed by atoms with Crippen molar-refractivity contribution in [3.63, 3.8) is 0 Å². The fourth-order valence-electron chi connectivity index (χ4n) is 3.21. The number of nitrogens with one attached hydrogen (secondary N) is 1. The zero-order valence-corrected chi connectivity index (χ0v) is 17.5. The summed E-state index contributed by atoms with van der Waals surface area (Å²) in [5, 5.41) is 6.81. The van der Waals surface area contributed by atoms with Gasteiger partial charge in [0, 0.05) is 24.0 Å². The van der Waals surface area contributed by atoms with Gasteiger partial charge in [0.2, 0.25) is 15.2 Å². The third-order valence-corrected chi connectivity index (χ3v) is 7.44. The summed E-state index contributed by atoms with van der Waals surface area (Å²) in [6, 6.07) is 16.8. The Balaban J connectivity index is 1.44. The highest BCUT2D eigenvalue weighted by molar-refractivity contribution is 7.89. The Labute approximate surface area is 175 Å². The molecule has 2 heterocycles. The Kier molecular flexibility index (Phi) is 6.03. The maximum atomic E-state index is 12.8. The van der Waals surface area contributed by atoms with Crippen LogP contribution in [0.3, 0.4) is 0 Å². The fraction of sp³-hybridized carbons (Fsp3) is 0.238. The smallest absolute Gasteiger partial charge is 0.243 e. The number of piperidine rings is 1. The number of hydrazone groups is 1. The molecule has 0 amide bonds. The molecule has 8 heteroatoms. The van der Waals surface area contributed by atoms with Crippen LogP contribution in [0.4, 0.5) is 5.13 Å². The summed E-state index contributed by atoms with van der Waals surface area (Å²) >= 11 is 1.45. The highest BCUT2D eigenvalue weighted by Gasteiger charge is 2.25. The normalized spacial score (nSPS) is 15.6. The molecule has 1 saturated heterocycles. The van der Waals surface area contributed by atoms with Gasteiger partial charge in [0.1, 0.15) is 0 Å². The van der Waals surface area contributed by atoms with Crippen molar-refractivity contribution in [2.45, 2.75) is 24.2 Å². The molecule has 1 fully saturated rings. The van der Waals surface area contributed by atoms with E-state index < -0.39 is 10.0 Å². The molecule has 0 saturated carbocycles. The van der Waals surface area contributed by atoms with Gasteiger partial charge in [-0.1, -0.05) is 48.9 Å². The van der Waals surface area contributed by atoms with Crippen molar-refractivity contribution in [3.05, 3.63) is 65.5 Å². The summed E-state index contributed by atoms with van der Waals surface area (Å²) < 4.78 is 27.1. The first-order chi connectivity index (χ1) is 14.1. The number of benzene rings is 2. The van der Waals surface area contributed by atoms with E-state index in [4.69, 9.17) is 0 Å². The maximum Gasteiger partial charge on any atom is 0.243 e. The predicted molar refractivity (Wildman–Crippen MR) is 118 cm³/mol. The van der Waals surface area contributed by atoms with E-state index in [9.17, 15) is 8.42 Å². The molecule has 1 aliphatic heterocycles. The first kappa shape index (κ1) is 19.8. The molecule has 3 aromatic rings. The van der Waals surface area contributed by atoms with Gasteiger partial charge in [-0.2, -0.15) is 9.41 Å². The average Bonchev–Trinajstić information content (AvgIpc) is 3.24. The van der Waals surface area contributed by atoms with E-state index in [1.807, 2.05) is 47.8 Å². The third-order valence-electron chi connectivity index (χ3n) is 4.78. The van der Waals surface area contributed by atoms with Crippen molar-refractivity contribution in [1.29, 1.82) is 0 Å². The number of thiazole rings is 1. The van der Waals surface area contributed by atoms with Crippen molar-refractivity contribution < 1.29 is 8.42 Å². The highest BCUT2D eigenvalue weighted by Crippen LogP contribution is 2.27. The minimum Gasteiger partial charge on any atom is -0.253 e. The zero-order chi connectivity index (χ0) is 20.1.